The lowest BCUT2D eigenvalue weighted by molar-refractivity contribution is -0.140. The summed E-state index contributed by atoms with van der Waals surface area (Å²) in [6, 6.07) is 19.8. The molecular formula is C34H38F3NO4. The highest BCUT2D eigenvalue weighted by atomic mass is 19.4. The fourth-order valence-corrected chi connectivity index (χ4v) is 4.84. The van der Waals surface area contributed by atoms with Crippen LogP contribution in [0.25, 0.3) is 11.1 Å². The number of ether oxygens (including phenoxy) is 2. The van der Waals surface area contributed by atoms with Crippen LogP contribution < -0.4 is 10.1 Å². The molecule has 0 aliphatic carbocycles. The Morgan fingerprint density at radius 1 is 0.881 bits per heavy atom. The smallest absolute Gasteiger partial charge is 0.416 e. The molecule has 1 unspecified atom stereocenters. The van der Waals surface area contributed by atoms with Crippen LogP contribution in [0.3, 0.4) is 0 Å². The van der Waals surface area contributed by atoms with Gasteiger partial charge in [-0.15, -0.1) is 6.58 Å². The first kappa shape index (κ1) is 32.4. The van der Waals surface area contributed by atoms with Crippen molar-refractivity contribution in [1.82, 2.24) is 5.32 Å². The number of carbonyl (C=O) groups excluding carboxylic acids is 2. The van der Waals surface area contributed by atoms with Gasteiger partial charge in [-0.05, 0) is 65.9 Å². The van der Waals surface area contributed by atoms with Crippen molar-refractivity contribution in [3.8, 4) is 16.9 Å². The average Bonchev–Trinajstić information content (AvgIpc) is 3.00. The summed E-state index contributed by atoms with van der Waals surface area (Å²) in [5, 5.41) is 2.73. The van der Waals surface area contributed by atoms with E-state index in [0.29, 0.717) is 29.9 Å². The molecule has 0 bridgehead atoms. The molecule has 8 heteroatoms. The number of alkyl halides is 3. The van der Waals surface area contributed by atoms with E-state index in [-0.39, 0.29) is 30.3 Å². The second kappa shape index (κ2) is 15.2. The molecule has 0 saturated heterocycles. The molecule has 0 spiro atoms. The molecule has 224 valence electrons. The quantitative estimate of drug-likeness (QED) is 0.112. The van der Waals surface area contributed by atoms with Crippen LogP contribution in [0.4, 0.5) is 13.2 Å². The number of rotatable bonds is 15. The van der Waals surface area contributed by atoms with Crippen molar-refractivity contribution in [2.24, 2.45) is 0 Å². The normalized spacial score (nSPS) is 12.7. The summed E-state index contributed by atoms with van der Waals surface area (Å²) in [6.45, 7) is 6.72. The van der Waals surface area contributed by atoms with Gasteiger partial charge in [0.2, 0.25) is 0 Å². The Hall–Kier alpha value is -4.07. The predicted molar refractivity (Wildman–Crippen MR) is 158 cm³/mol. The summed E-state index contributed by atoms with van der Waals surface area (Å²) in [4.78, 5) is 23.9. The summed E-state index contributed by atoms with van der Waals surface area (Å²) in [5.41, 5.74) is 1.94. The lowest BCUT2D eigenvalue weighted by atomic mass is 9.74. The molecular weight excluding hydrogens is 543 g/mol. The Morgan fingerprint density at radius 3 is 2.02 bits per heavy atom. The van der Waals surface area contributed by atoms with Gasteiger partial charge in [-0.2, -0.15) is 13.2 Å². The molecule has 3 rings (SSSR count). The van der Waals surface area contributed by atoms with E-state index in [0.717, 1.165) is 48.9 Å². The molecule has 0 radical (unpaired) electrons. The third kappa shape index (κ3) is 8.96. The van der Waals surface area contributed by atoms with Crippen molar-refractivity contribution < 1.29 is 32.2 Å². The lowest BCUT2D eigenvalue weighted by Gasteiger charge is -2.34. The number of methoxy groups -OCH3 is 1. The van der Waals surface area contributed by atoms with E-state index in [9.17, 15) is 22.8 Å². The van der Waals surface area contributed by atoms with Crippen molar-refractivity contribution in [2.75, 3.05) is 20.3 Å². The molecule has 1 atom stereocenters. The molecule has 1 N–H and O–H groups in total. The first-order valence-electron chi connectivity index (χ1n) is 14.1. The lowest BCUT2D eigenvalue weighted by Crippen LogP contribution is -2.33. The summed E-state index contributed by atoms with van der Waals surface area (Å²) < 4.78 is 49.6. The molecule has 0 aromatic heterocycles. The molecule has 0 fully saturated rings. The van der Waals surface area contributed by atoms with E-state index in [1.807, 2.05) is 42.5 Å². The number of carbonyl (C=O) groups is 2. The minimum atomic E-state index is -4.37. The second-order valence-corrected chi connectivity index (χ2v) is 10.3. The van der Waals surface area contributed by atoms with Crippen LogP contribution in [0.1, 0.15) is 66.9 Å². The van der Waals surface area contributed by atoms with E-state index in [2.05, 4.69) is 23.6 Å². The van der Waals surface area contributed by atoms with Crippen LogP contribution in [0.5, 0.6) is 5.75 Å². The number of hydrogen-bond acceptors (Lipinski definition) is 4. The van der Waals surface area contributed by atoms with Crippen LogP contribution in [0.2, 0.25) is 0 Å². The fourth-order valence-electron chi connectivity index (χ4n) is 4.84. The standard InChI is InChI=1S/C34H38F3NO4/c1-4-6-7-22-33(21-5-2,28-14-10-27(11-15-28)32(40)38-23-20-31(39)41-3)24-42-30-18-12-26(13-19-30)25-8-16-29(17-9-25)34(35,36)37/h5,8-19H,2,4,6-7,20-24H2,1,3H3,(H,38,40). The number of halogens is 3. The Balaban J connectivity index is 1.76. The van der Waals surface area contributed by atoms with Crippen LogP contribution in [-0.4, -0.2) is 32.1 Å². The summed E-state index contributed by atoms with van der Waals surface area (Å²) in [6.07, 6.45) is 2.29. The Morgan fingerprint density at radius 2 is 1.48 bits per heavy atom. The molecule has 3 aromatic carbocycles. The topological polar surface area (TPSA) is 64.6 Å². The zero-order valence-electron chi connectivity index (χ0n) is 24.1. The SMILES string of the molecule is C=CCC(CCCCC)(COc1ccc(-c2ccc(C(F)(F)F)cc2)cc1)c1ccc(C(=O)NCCC(=O)OC)cc1. The van der Waals surface area contributed by atoms with Crippen LogP contribution in [-0.2, 0) is 21.1 Å². The van der Waals surface area contributed by atoms with Crippen LogP contribution in [0, 0.1) is 0 Å². The number of hydrogen-bond donors (Lipinski definition) is 1. The fraction of sp³-hybridized carbons (Fsp3) is 0.353. The maximum absolute atomic E-state index is 12.9. The molecule has 0 aliphatic heterocycles. The number of esters is 1. The van der Waals surface area contributed by atoms with E-state index in [1.165, 1.54) is 19.2 Å². The van der Waals surface area contributed by atoms with Crippen molar-refractivity contribution >= 4 is 11.9 Å². The highest BCUT2D eigenvalue weighted by Crippen LogP contribution is 2.36. The molecule has 42 heavy (non-hydrogen) atoms. The van der Waals surface area contributed by atoms with Crippen LogP contribution in [0.15, 0.2) is 85.5 Å². The summed E-state index contributed by atoms with van der Waals surface area (Å²) >= 11 is 0. The maximum atomic E-state index is 12.9. The van der Waals surface area contributed by atoms with E-state index in [4.69, 9.17) is 4.74 Å². The molecule has 1 amide bonds. The van der Waals surface area contributed by atoms with Crippen molar-refractivity contribution in [1.29, 1.82) is 0 Å². The van der Waals surface area contributed by atoms with E-state index >= 15 is 0 Å². The van der Waals surface area contributed by atoms with Gasteiger partial charge in [0.25, 0.3) is 5.91 Å². The number of allylic oxidation sites excluding steroid dienone is 1. The Bertz CT molecular complexity index is 1300. The van der Waals surface area contributed by atoms with Gasteiger partial charge in [0, 0.05) is 17.5 Å². The largest absolute Gasteiger partial charge is 0.493 e. The van der Waals surface area contributed by atoms with Crippen molar-refractivity contribution in [3.63, 3.8) is 0 Å². The van der Waals surface area contributed by atoms with Gasteiger partial charge in [0.1, 0.15) is 5.75 Å². The van der Waals surface area contributed by atoms with Crippen molar-refractivity contribution in [2.45, 2.75) is 57.0 Å². The number of amides is 1. The Kier molecular flexibility index (Phi) is 11.8. The molecule has 5 nitrogen and oxygen atoms in total. The number of unbranched alkanes of at least 4 members (excludes halogenated alkanes) is 2. The molecule has 0 aliphatic rings. The van der Waals surface area contributed by atoms with Gasteiger partial charge in [-0.3, -0.25) is 9.59 Å². The minimum Gasteiger partial charge on any atom is -0.493 e. The van der Waals surface area contributed by atoms with Gasteiger partial charge in [0.05, 0.1) is 25.7 Å². The highest BCUT2D eigenvalue weighted by molar-refractivity contribution is 5.94. The summed E-state index contributed by atoms with van der Waals surface area (Å²) in [7, 11) is 1.31. The minimum absolute atomic E-state index is 0.100. The van der Waals surface area contributed by atoms with Gasteiger partial charge >= 0.3 is 12.1 Å². The Labute approximate surface area is 245 Å². The first-order chi connectivity index (χ1) is 20.1. The van der Waals surface area contributed by atoms with Gasteiger partial charge in [-0.1, -0.05) is 68.7 Å². The van der Waals surface area contributed by atoms with Crippen molar-refractivity contribution in [3.05, 3.63) is 102 Å². The van der Waals surface area contributed by atoms with E-state index < -0.39 is 11.7 Å². The monoisotopic (exact) mass is 581 g/mol. The number of nitrogens with one attached hydrogen (secondary N) is 1. The zero-order chi connectivity index (χ0) is 30.6. The molecule has 3 aromatic rings. The van der Waals surface area contributed by atoms with Gasteiger partial charge in [-0.25, -0.2) is 0 Å². The number of benzene rings is 3. The first-order valence-corrected chi connectivity index (χ1v) is 14.1. The third-order valence-corrected chi connectivity index (χ3v) is 7.31. The highest BCUT2D eigenvalue weighted by Gasteiger charge is 2.32. The van der Waals surface area contributed by atoms with Crippen LogP contribution >= 0.6 is 0 Å². The van der Waals surface area contributed by atoms with E-state index in [1.54, 1.807) is 12.1 Å². The molecule has 0 heterocycles. The second-order valence-electron chi connectivity index (χ2n) is 10.3. The average molecular weight is 582 g/mol. The van der Waals surface area contributed by atoms with Gasteiger partial charge < -0.3 is 14.8 Å². The molecule has 0 saturated carbocycles. The third-order valence-electron chi connectivity index (χ3n) is 7.31. The van der Waals surface area contributed by atoms with Gasteiger partial charge in [0.15, 0.2) is 0 Å². The predicted octanol–water partition coefficient (Wildman–Crippen LogP) is 8.14. The zero-order valence-corrected chi connectivity index (χ0v) is 24.1. The maximum Gasteiger partial charge on any atom is 0.416 e. The summed E-state index contributed by atoms with van der Waals surface area (Å²) in [5.74, 6) is -0.00694.